The summed E-state index contributed by atoms with van der Waals surface area (Å²) in [6.45, 7) is 3.26. The molecular formula is C16H22N6O3. The lowest BCUT2D eigenvalue weighted by Gasteiger charge is -2.19. The van der Waals surface area contributed by atoms with Crippen molar-refractivity contribution in [2.45, 2.75) is 58.2 Å². The lowest BCUT2D eigenvalue weighted by molar-refractivity contribution is -0.122. The number of carbonyl (C=O) groups is 1. The van der Waals surface area contributed by atoms with E-state index in [1.165, 1.54) is 23.6 Å². The average Bonchev–Trinajstić information content (AvgIpc) is 3.23. The second-order valence-corrected chi connectivity index (χ2v) is 6.52. The Labute approximate surface area is 144 Å². The zero-order valence-corrected chi connectivity index (χ0v) is 14.4. The van der Waals surface area contributed by atoms with Crippen LogP contribution in [0, 0.1) is 6.92 Å². The van der Waals surface area contributed by atoms with Crippen molar-refractivity contribution in [1.82, 2.24) is 29.6 Å². The van der Waals surface area contributed by atoms with Crippen LogP contribution in [0.15, 0.2) is 22.1 Å². The van der Waals surface area contributed by atoms with E-state index in [9.17, 15) is 14.4 Å². The summed E-state index contributed by atoms with van der Waals surface area (Å²) < 4.78 is 3.22. The molecule has 3 rings (SSSR count). The lowest BCUT2D eigenvalue weighted by Crippen LogP contribution is -2.37. The Balaban J connectivity index is 1.69. The van der Waals surface area contributed by atoms with Crippen LogP contribution in [0.2, 0.25) is 0 Å². The van der Waals surface area contributed by atoms with E-state index in [0.29, 0.717) is 17.4 Å². The third kappa shape index (κ3) is 3.70. The van der Waals surface area contributed by atoms with Gasteiger partial charge in [-0.1, -0.05) is 12.8 Å². The highest BCUT2D eigenvalue weighted by molar-refractivity contribution is 5.76. The molecule has 2 aromatic rings. The van der Waals surface area contributed by atoms with Crippen LogP contribution in [0.4, 0.5) is 0 Å². The zero-order valence-electron chi connectivity index (χ0n) is 14.4. The molecule has 1 aliphatic carbocycles. The maximum Gasteiger partial charge on any atom is 0.328 e. The molecule has 2 N–H and O–H groups in total. The van der Waals surface area contributed by atoms with Crippen LogP contribution in [0.25, 0.3) is 0 Å². The highest BCUT2D eigenvalue weighted by Crippen LogP contribution is 2.30. The molecular weight excluding hydrogens is 324 g/mol. The fourth-order valence-corrected chi connectivity index (χ4v) is 3.27. The average molecular weight is 346 g/mol. The van der Waals surface area contributed by atoms with Crippen molar-refractivity contribution in [3.8, 4) is 0 Å². The summed E-state index contributed by atoms with van der Waals surface area (Å²) in [6, 6.07) is 0.0592. The summed E-state index contributed by atoms with van der Waals surface area (Å²) in [5.74, 6) is 0.382. The standard InChI is InChI=1S/C16H22N6O3/c1-10-7-21(16(25)19-15(10)24)8-13(23)18-11(2)14-20-17-9-22(14)12-5-3-4-6-12/h7,9,11-12H,3-6,8H2,1-2H3,(H,18,23)(H,19,24,25)/t11-/m1/s1. The summed E-state index contributed by atoms with van der Waals surface area (Å²) in [7, 11) is 0. The summed E-state index contributed by atoms with van der Waals surface area (Å²) in [6.07, 6.45) is 7.67. The number of aryl methyl sites for hydroxylation is 1. The van der Waals surface area contributed by atoms with Crippen molar-refractivity contribution in [3.05, 3.63) is 44.8 Å². The third-order valence-corrected chi connectivity index (χ3v) is 4.59. The van der Waals surface area contributed by atoms with Gasteiger partial charge in [-0.25, -0.2) is 4.79 Å². The number of aromatic nitrogens is 5. The predicted octanol–water partition coefficient (Wildman–Crippen LogP) is 0.429. The molecule has 1 saturated carbocycles. The first-order chi connectivity index (χ1) is 12.0. The molecule has 0 aromatic carbocycles. The highest BCUT2D eigenvalue weighted by Gasteiger charge is 2.23. The molecule has 0 spiro atoms. The van der Waals surface area contributed by atoms with Crippen LogP contribution in [0.3, 0.4) is 0 Å². The molecule has 1 amide bonds. The number of amides is 1. The first kappa shape index (κ1) is 17.1. The van der Waals surface area contributed by atoms with Crippen molar-refractivity contribution in [2.75, 3.05) is 0 Å². The molecule has 2 aromatic heterocycles. The van der Waals surface area contributed by atoms with Crippen molar-refractivity contribution < 1.29 is 4.79 Å². The molecule has 0 unspecified atom stereocenters. The molecule has 2 heterocycles. The highest BCUT2D eigenvalue weighted by atomic mass is 16.2. The van der Waals surface area contributed by atoms with Crippen molar-refractivity contribution in [3.63, 3.8) is 0 Å². The number of hydrogen-bond donors (Lipinski definition) is 2. The monoisotopic (exact) mass is 346 g/mol. The maximum atomic E-state index is 12.3. The molecule has 25 heavy (non-hydrogen) atoms. The van der Waals surface area contributed by atoms with E-state index in [1.807, 2.05) is 11.5 Å². The van der Waals surface area contributed by atoms with Crippen LogP contribution in [0.1, 0.15) is 56.1 Å². The predicted molar refractivity (Wildman–Crippen MR) is 90.1 cm³/mol. The molecule has 9 nitrogen and oxygen atoms in total. The van der Waals surface area contributed by atoms with E-state index in [2.05, 4.69) is 20.5 Å². The molecule has 0 radical (unpaired) electrons. The normalized spacial score (nSPS) is 16.1. The molecule has 1 fully saturated rings. The van der Waals surface area contributed by atoms with Gasteiger partial charge >= 0.3 is 5.69 Å². The Bertz CT molecular complexity index is 874. The van der Waals surface area contributed by atoms with Crippen molar-refractivity contribution >= 4 is 5.91 Å². The first-order valence-electron chi connectivity index (χ1n) is 8.45. The minimum absolute atomic E-state index is 0.168. The van der Waals surface area contributed by atoms with Crippen LogP contribution in [-0.4, -0.2) is 30.2 Å². The van der Waals surface area contributed by atoms with Gasteiger partial charge in [-0.2, -0.15) is 0 Å². The quantitative estimate of drug-likeness (QED) is 0.815. The van der Waals surface area contributed by atoms with Gasteiger partial charge in [0, 0.05) is 17.8 Å². The van der Waals surface area contributed by atoms with Crippen molar-refractivity contribution in [1.29, 1.82) is 0 Å². The van der Waals surface area contributed by atoms with Gasteiger partial charge in [0.1, 0.15) is 12.9 Å². The van der Waals surface area contributed by atoms with Gasteiger partial charge < -0.3 is 9.88 Å². The van der Waals surface area contributed by atoms with Crippen LogP contribution in [-0.2, 0) is 11.3 Å². The van der Waals surface area contributed by atoms with Gasteiger partial charge in [-0.3, -0.25) is 19.1 Å². The summed E-state index contributed by atoms with van der Waals surface area (Å²) in [5.41, 5.74) is -0.673. The van der Waals surface area contributed by atoms with Gasteiger partial charge in [-0.05, 0) is 26.7 Å². The second-order valence-electron chi connectivity index (χ2n) is 6.52. The van der Waals surface area contributed by atoms with Gasteiger partial charge in [0.15, 0.2) is 5.82 Å². The minimum Gasteiger partial charge on any atom is -0.345 e. The Kier molecular flexibility index (Phi) is 4.82. The maximum absolute atomic E-state index is 12.3. The smallest absolute Gasteiger partial charge is 0.328 e. The number of hydrogen-bond acceptors (Lipinski definition) is 5. The number of aromatic amines is 1. The number of nitrogens with one attached hydrogen (secondary N) is 2. The SMILES string of the molecule is Cc1cn(CC(=O)N[C@H](C)c2nncn2C2CCCC2)c(=O)[nH]c1=O. The molecule has 9 heteroatoms. The minimum atomic E-state index is -0.604. The fourth-order valence-electron chi connectivity index (χ4n) is 3.27. The Hall–Kier alpha value is -2.71. The van der Waals surface area contributed by atoms with Gasteiger partial charge in [0.2, 0.25) is 5.91 Å². The number of carbonyl (C=O) groups excluding carboxylic acids is 1. The summed E-state index contributed by atoms with van der Waals surface area (Å²) in [4.78, 5) is 37.6. The van der Waals surface area contributed by atoms with E-state index in [-0.39, 0.29) is 18.5 Å². The van der Waals surface area contributed by atoms with Crippen LogP contribution >= 0.6 is 0 Å². The summed E-state index contributed by atoms with van der Waals surface area (Å²) >= 11 is 0. The number of nitrogens with zero attached hydrogens (tertiary/aromatic N) is 4. The number of H-pyrrole nitrogens is 1. The molecule has 0 bridgehead atoms. The second kappa shape index (κ2) is 7.04. The van der Waals surface area contributed by atoms with E-state index >= 15 is 0 Å². The lowest BCUT2D eigenvalue weighted by atomic mass is 10.2. The first-order valence-corrected chi connectivity index (χ1v) is 8.45. The Morgan fingerprint density at radius 2 is 2.12 bits per heavy atom. The molecule has 1 aliphatic rings. The zero-order chi connectivity index (χ0) is 18.0. The van der Waals surface area contributed by atoms with Gasteiger partial charge in [0.25, 0.3) is 5.56 Å². The fraction of sp³-hybridized carbons (Fsp3) is 0.562. The van der Waals surface area contributed by atoms with Crippen molar-refractivity contribution in [2.24, 2.45) is 0 Å². The van der Waals surface area contributed by atoms with E-state index < -0.39 is 11.2 Å². The van der Waals surface area contributed by atoms with Gasteiger partial charge in [0.05, 0.1) is 6.04 Å². The number of rotatable bonds is 5. The topological polar surface area (TPSA) is 115 Å². The van der Waals surface area contributed by atoms with Gasteiger partial charge in [-0.15, -0.1) is 10.2 Å². The van der Waals surface area contributed by atoms with Crippen LogP contribution < -0.4 is 16.6 Å². The van der Waals surface area contributed by atoms with E-state index in [0.717, 1.165) is 12.8 Å². The Morgan fingerprint density at radius 1 is 1.40 bits per heavy atom. The molecule has 1 atom stereocenters. The molecule has 134 valence electrons. The molecule has 0 saturated heterocycles. The third-order valence-electron chi connectivity index (χ3n) is 4.59. The largest absolute Gasteiger partial charge is 0.345 e. The van der Waals surface area contributed by atoms with E-state index in [1.54, 1.807) is 13.3 Å². The summed E-state index contributed by atoms with van der Waals surface area (Å²) in [5, 5.41) is 11.0. The Morgan fingerprint density at radius 3 is 2.84 bits per heavy atom. The molecule has 0 aliphatic heterocycles. The van der Waals surface area contributed by atoms with Crippen LogP contribution in [0.5, 0.6) is 0 Å². The van der Waals surface area contributed by atoms with E-state index in [4.69, 9.17) is 0 Å².